The maximum atomic E-state index is 11.9. The number of carbonyl (C=O) groups excluding carboxylic acids is 1. The Morgan fingerprint density at radius 1 is 1.00 bits per heavy atom. The van der Waals surface area contributed by atoms with Crippen LogP contribution < -0.4 is 0 Å². The normalized spacial score (nSPS) is 25.3. The van der Waals surface area contributed by atoms with Gasteiger partial charge in [-0.3, -0.25) is 4.79 Å². The minimum atomic E-state index is 0.376. The topological polar surface area (TPSA) is 23.6 Å². The Labute approximate surface area is 137 Å². The Bertz CT molecular complexity index is 324. The van der Waals surface area contributed by atoms with Gasteiger partial charge in [0.25, 0.3) is 0 Å². The van der Waals surface area contributed by atoms with Gasteiger partial charge in [0.1, 0.15) is 0 Å². The van der Waals surface area contributed by atoms with Crippen molar-refractivity contribution in [1.29, 1.82) is 0 Å². The number of amides is 1. The fourth-order valence-electron chi connectivity index (χ4n) is 3.96. The van der Waals surface area contributed by atoms with Crippen molar-refractivity contribution in [2.24, 2.45) is 17.8 Å². The van der Waals surface area contributed by atoms with E-state index in [1.165, 1.54) is 51.6 Å². The predicted molar refractivity (Wildman–Crippen MR) is 92.8 cm³/mol. The summed E-state index contributed by atoms with van der Waals surface area (Å²) in [5, 5.41) is 0. The molecule has 2 aliphatic heterocycles. The van der Waals surface area contributed by atoms with Crippen molar-refractivity contribution >= 4 is 5.91 Å². The van der Waals surface area contributed by atoms with Crippen LogP contribution in [-0.4, -0.2) is 48.9 Å². The Morgan fingerprint density at radius 2 is 1.59 bits per heavy atom. The third kappa shape index (κ3) is 5.26. The van der Waals surface area contributed by atoms with Gasteiger partial charge in [0.2, 0.25) is 5.91 Å². The summed E-state index contributed by atoms with van der Waals surface area (Å²) in [7, 11) is 2.21. The third-order valence-electron chi connectivity index (χ3n) is 5.75. The second kappa shape index (κ2) is 8.90. The molecule has 3 fully saturated rings. The fourth-order valence-corrected chi connectivity index (χ4v) is 3.96. The van der Waals surface area contributed by atoms with Crippen LogP contribution in [0.1, 0.15) is 65.2 Å². The summed E-state index contributed by atoms with van der Waals surface area (Å²) in [5.41, 5.74) is 0. The van der Waals surface area contributed by atoms with Gasteiger partial charge in [-0.1, -0.05) is 39.5 Å². The van der Waals surface area contributed by atoms with Crippen LogP contribution in [0.2, 0.25) is 0 Å². The molecule has 1 aliphatic carbocycles. The van der Waals surface area contributed by atoms with Gasteiger partial charge in [-0.25, -0.2) is 0 Å². The first-order valence-corrected chi connectivity index (χ1v) is 9.57. The number of rotatable bonds is 2. The highest BCUT2D eigenvalue weighted by molar-refractivity contribution is 5.79. The Kier molecular flexibility index (Phi) is 7.20. The summed E-state index contributed by atoms with van der Waals surface area (Å²) in [6.45, 7) is 9.17. The van der Waals surface area contributed by atoms with Crippen molar-refractivity contribution in [2.75, 3.05) is 33.2 Å². The maximum absolute atomic E-state index is 11.9. The predicted octanol–water partition coefficient (Wildman–Crippen LogP) is 3.78. The van der Waals surface area contributed by atoms with Gasteiger partial charge in [-0.05, 0) is 57.7 Å². The van der Waals surface area contributed by atoms with E-state index >= 15 is 0 Å². The molecule has 3 rings (SSSR count). The molecule has 3 heteroatoms. The lowest BCUT2D eigenvalue weighted by Gasteiger charge is -2.40. The lowest BCUT2D eigenvalue weighted by molar-refractivity contribution is -0.142. The molecule has 0 aromatic rings. The standard InChI is InChI=1S/C11H19NO.C8H17N/c1-9-7-12(8-9)11(13)10-5-3-2-4-6-10;1-3-8-4-6-9(2)7-5-8/h9-10H,2-8H2,1H3;8H,3-7H2,1-2H3. The molecular formula is C19H36N2O. The number of hydrogen-bond acceptors (Lipinski definition) is 2. The first-order chi connectivity index (χ1) is 10.6. The average molecular weight is 309 g/mol. The van der Waals surface area contributed by atoms with Crippen molar-refractivity contribution < 1.29 is 4.79 Å². The van der Waals surface area contributed by atoms with E-state index in [4.69, 9.17) is 0 Å². The molecule has 0 spiro atoms. The number of likely N-dealkylation sites (tertiary alicyclic amines) is 2. The first-order valence-electron chi connectivity index (χ1n) is 9.57. The Balaban J connectivity index is 0.000000172. The smallest absolute Gasteiger partial charge is 0.225 e. The van der Waals surface area contributed by atoms with Gasteiger partial charge in [0.05, 0.1) is 0 Å². The molecule has 22 heavy (non-hydrogen) atoms. The van der Waals surface area contributed by atoms with E-state index in [2.05, 4.69) is 25.8 Å². The fraction of sp³-hybridized carbons (Fsp3) is 0.947. The third-order valence-corrected chi connectivity index (χ3v) is 5.75. The van der Waals surface area contributed by atoms with Crippen LogP contribution in [0.5, 0.6) is 0 Å². The zero-order valence-electron chi connectivity index (χ0n) is 15.0. The summed E-state index contributed by atoms with van der Waals surface area (Å²) in [6, 6.07) is 0. The first kappa shape index (κ1) is 17.8. The molecule has 2 saturated heterocycles. The molecule has 0 unspecified atom stereocenters. The van der Waals surface area contributed by atoms with E-state index in [0.717, 1.165) is 37.8 Å². The largest absolute Gasteiger partial charge is 0.342 e. The van der Waals surface area contributed by atoms with Crippen LogP contribution in [-0.2, 0) is 4.79 Å². The molecule has 1 amide bonds. The minimum absolute atomic E-state index is 0.376. The number of piperidine rings is 1. The van der Waals surface area contributed by atoms with E-state index in [0.29, 0.717) is 11.8 Å². The summed E-state index contributed by atoms with van der Waals surface area (Å²) in [4.78, 5) is 16.3. The SMILES string of the molecule is CC1CN(C(=O)C2CCCCC2)C1.CCC1CCN(C)CC1. The molecule has 3 nitrogen and oxygen atoms in total. The van der Waals surface area contributed by atoms with Crippen LogP contribution in [0.25, 0.3) is 0 Å². The van der Waals surface area contributed by atoms with Crippen LogP contribution in [0.4, 0.5) is 0 Å². The molecule has 1 saturated carbocycles. The molecule has 0 aromatic heterocycles. The lowest BCUT2D eigenvalue weighted by atomic mass is 9.87. The van der Waals surface area contributed by atoms with E-state index in [1.807, 2.05) is 4.90 Å². The zero-order valence-corrected chi connectivity index (χ0v) is 15.0. The van der Waals surface area contributed by atoms with Crippen molar-refractivity contribution in [1.82, 2.24) is 9.80 Å². The van der Waals surface area contributed by atoms with E-state index in [-0.39, 0.29) is 0 Å². The van der Waals surface area contributed by atoms with Crippen molar-refractivity contribution in [3.05, 3.63) is 0 Å². The molecule has 2 heterocycles. The van der Waals surface area contributed by atoms with E-state index in [1.54, 1.807) is 0 Å². The average Bonchev–Trinajstić information content (AvgIpc) is 2.53. The number of nitrogens with zero attached hydrogens (tertiary/aromatic N) is 2. The molecule has 0 N–H and O–H groups in total. The number of hydrogen-bond donors (Lipinski definition) is 0. The van der Waals surface area contributed by atoms with Crippen molar-refractivity contribution in [3.63, 3.8) is 0 Å². The second-order valence-electron chi connectivity index (χ2n) is 7.84. The second-order valence-corrected chi connectivity index (χ2v) is 7.84. The quantitative estimate of drug-likeness (QED) is 0.775. The van der Waals surface area contributed by atoms with Gasteiger partial charge >= 0.3 is 0 Å². The Hall–Kier alpha value is -0.570. The molecule has 0 atom stereocenters. The van der Waals surface area contributed by atoms with Gasteiger partial charge < -0.3 is 9.80 Å². The number of carbonyl (C=O) groups is 1. The van der Waals surface area contributed by atoms with Crippen LogP contribution >= 0.6 is 0 Å². The van der Waals surface area contributed by atoms with Gasteiger partial charge in [-0.2, -0.15) is 0 Å². The minimum Gasteiger partial charge on any atom is -0.342 e. The van der Waals surface area contributed by atoms with Gasteiger partial charge in [-0.15, -0.1) is 0 Å². The molecule has 0 aromatic carbocycles. The summed E-state index contributed by atoms with van der Waals surface area (Å²) >= 11 is 0. The van der Waals surface area contributed by atoms with Crippen LogP contribution in [0, 0.1) is 17.8 Å². The summed E-state index contributed by atoms with van der Waals surface area (Å²) in [5.74, 6) is 2.59. The summed E-state index contributed by atoms with van der Waals surface area (Å²) in [6.07, 6.45) is 10.4. The highest BCUT2D eigenvalue weighted by Gasteiger charge is 2.32. The van der Waals surface area contributed by atoms with Crippen molar-refractivity contribution in [3.8, 4) is 0 Å². The van der Waals surface area contributed by atoms with Crippen LogP contribution in [0.15, 0.2) is 0 Å². The van der Waals surface area contributed by atoms with Gasteiger partial charge in [0, 0.05) is 19.0 Å². The summed E-state index contributed by atoms with van der Waals surface area (Å²) < 4.78 is 0. The molecule has 0 bridgehead atoms. The highest BCUT2D eigenvalue weighted by Crippen LogP contribution is 2.28. The molecule has 0 radical (unpaired) electrons. The highest BCUT2D eigenvalue weighted by atomic mass is 16.2. The Morgan fingerprint density at radius 3 is 2.09 bits per heavy atom. The van der Waals surface area contributed by atoms with E-state index < -0.39 is 0 Å². The van der Waals surface area contributed by atoms with E-state index in [9.17, 15) is 4.79 Å². The zero-order chi connectivity index (χ0) is 15.9. The maximum Gasteiger partial charge on any atom is 0.225 e. The molecule has 3 aliphatic rings. The van der Waals surface area contributed by atoms with Crippen LogP contribution in [0.3, 0.4) is 0 Å². The van der Waals surface area contributed by atoms with Crippen molar-refractivity contribution in [2.45, 2.75) is 65.2 Å². The molecular weight excluding hydrogens is 272 g/mol. The molecule has 128 valence electrons. The monoisotopic (exact) mass is 308 g/mol. The van der Waals surface area contributed by atoms with Gasteiger partial charge in [0.15, 0.2) is 0 Å². The lowest BCUT2D eigenvalue weighted by Crippen LogP contribution is -2.51.